The molecule has 0 spiro atoms. The SMILES string of the molecule is C=C(C)C1CCCC2C(C(=C)C3CCCCC3)CCCC12. The van der Waals surface area contributed by atoms with Gasteiger partial charge in [-0.2, -0.15) is 0 Å². The lowest BCUT2D eigenvalue weighted by Gasteiger charge is -2.48. The lowest BCUT2D eigenvalue weighted by molar-refractivity contribution is 0.0789. The maximum absolute atomic E-state index is 4.64. The molecular weight excluding hydrogens is 252 g/mol. The maximum Gasteiger partial charge on any atom is -0.0172 e. The zero-order chi connectivity index (χ0) is 14.8. The second-order valence-corrected chi connectivity index (χ2v) is 8.16. The second-order valence-electron chi connectivity index (χ2n) is 8.16. The molecule has 0 aliphatic heterocycles. The molecule has 118 valence electrons. The van der Waals surface area contributed by atoms with Crippen molar-refractivity contribution in [1.82, 2.24) is 0 Å². The quantitative estimate of drug-likeness (QED) is 0.517. The molecular formula is C21H34. The van der Waals surface area contributed by atoms with E-state index in [9.17, 15) is 0 Å². The molecule has 4 atom stereocenters. The van der Waals surface area contributed by atoms with E-state index >= 15 is 0 Å². The number of rotatable bonds is 3. The summed E-state index contributed by atoms with van der Waals surface area (Å²) < 4.78 is 0. The third-order valence-electron chi connectivity index (χ3n) is 6.93. The van der Waals surface area contributed by atoms with Crippen molar-refractivity contribution in [2.45, 2.75) is 77.6 Å². The minimum absolute atomic E-state index is 0.811. The van der Waals surface area contributed by atoms with E-state index in [-0.39, 0.29) is 0 Å². The highest BCUT2D eigenvalue weighted by molar-refractivity contribution is 5.13. The van der Waals surface area contributed by atoms with Crippen molar-refractivity contribution in [3.63, 3.8) is 0 Å². The topological polar surface area (TPSA) is 0 Å². The van der Waals surface area contributed by atoms with Crippen molar-refractivity contribution >= 4 is 0 Å². The first-order valence-electron chi connectivity index (χ1n) is 9.52. The average Bonchev–Trinajstić information content (AvgIpc) is 2.53. The standard InChI is InChI=1S/C21H34/c1-15(2)18-11-7-14-21-19(12-8-13-20(18)21)16(3)17-9-5-4-6-10-17/h17-21H,1,3-14H2,2H3. The molecule has 0 heteroatoms. The molecule has 3 aliphatic rings. The number of fused-ring (bicyclic) bond motifs is 1. The van der Waals surface area contributed by atoms with Crippen LogP contribution in [0.3, 0.4) is 0 Å². The summed E-state index contributed by atoms with van der Waals surface area (Å²) in [6.07, 6.45) is 15.8. The highest BCUT2D eigenvalue weighted by Crippen LogP contribution is 2.52. The fourth-order valence-corrected chi connectivity index (χ4v) is 5.85. The smallest absolute Gasteiger partial charge is 0.0172 e. The summed E-state index contributed by atoms with van der Waals surface area (Å²) in [6, 6.07) is 0. The van der Waals surface area contributed by atoms with Crippen molar-refractivity contribution in [1.29, 1.82) is 0 Å². The van der Waals surface area contributed by atoms with Gasteiger partial charge in [-0.25, -0.2) is 0 Å². The first kappa shape index (κ1) is 15.4. The molecule has 3 aliphatic carbocycles. The Balaban J connectivity index is 1.73. The van der Waals surface area contributed by atoms with Gasteiger partial charge in [0.2, 0.25) is 0 Å². The summed E-state index contributed by atoms with van der Waals surface area (Å²) in [5, 5.41) is 0. The van der Waals surface area contributed by atoms with Crippen LogP contribution < -0.4 is 0 Å². The van der Waals surface area contributed by atoms with E-state index < -0.39 is 0 Å². The second kappa shape index (κ2) is 6.71. The molecule has 3 fully saturated rings. The third kappa shape index (κ3) is 3.15. The van der Waals surface area contributed by atoms with Gasteiger partial charge in [-0.15, -0.1) is 0 Å². The molecule has 0 amide bonds. The highest BCUT2D eigenvalue weighted by atomic mass is 14.5. The van der Waals surface area contributed by atoms with E-state index in [0.29, 0.717) is 0 Å². The van der Waals surface area contributed by atoms with Gasteiger partial charge >= 0.3 is 0 Å². The summed E-state index contributed by atoms with van der Waals surface area (Å²) in [4.78, 5) is 0. The predicted octanol–water partition coefficient (Wildman–Crippen LogP) is 6.53. The first-order chi connectivity index (χ1) is 10.2. The number of hydrogen-bond acceptors (Lipinski definition) is 0. The Morgan fingerprint density at radius 1 is 0.667 bits per heavy atom. The lowest BCUT2D eigenvalue weighted by atomic mass is 9.57. The lowest BCUT2D eigenvalue weighted by Crippen LogP contribution is -2.38. The van der Waals surface area contributed by atoms with Crippen LogP contribution in [-0.2, 0) is 0 Å². The Kier molecular flexibility index (Phi) is 4.92. The van der Waals surface area contributed by atoms with Crippen molar-refractivity contribution in [2.75, 3.05) is 0 Å². The molecule has 3 saturated carbocycles. The average molecular weight is 287 g/mol. The number of hydrogen-bond donors (Lipinski definition) is 0. The van der Waals surface area contributed by atoms with Gasteiger partial charge in [0.05, 0.1) is 0 Å². The van der Waals surface area contributed by atoms with Crippen LogP contribution >= 0.6 is 0 Å². The molecule has 21 heavy (non-hydrogen) atoms. The van der Waals surface area contributed by atoms with Gasteiger partial charge in [-0.3, -0.25) is 0 Å². The van der Waals surface area contributed by atoms with Crippen LogP contribution in [0.25, 0.3) is 0 Å². The van der Waals surface area contributed by atoms with E-state index in [1.54, 1.807) is 5.57 Å². The van der Waals surface area contributed by atoms with Gasteiger partial charge in [-0.05, 0) is 75.0 Å². The van der Waals surface area contributed by atoms with Crippen molar-refractivity contribution in [3.05, 3.63) is 24.3 Å². The Labute approximate surface area is 132 Å². The molecule has 3 rings (SSSR count). The molecule has 0 nitrogen and oxygen atoms in total. The van der Waals surface area contributed by atoms with Gasteiger partial charge in [0.25, 0.3) is 0 Å². The van der Waals surface area contributed by atoms with Crippen LogP contribution in [0, 0.1) is 29.6 Å². The van der Waals surface area contributed by atoms with Gasteiger partial charge in [-0.1, -0.05) is 56.4 Å². The summed E-state index contributed by atoms with van der Waals surface area (Å²) in [5.74, 6) is 4.37. The molecule has 0 saturated heterocycles. The van der Waals surface area contributed by atoms with Crippen LogP contribution in [0.4, 0.5) is 0 Å². The minimum Gasteiger partial charge on any atom is -0.0999 e. The fourth-order valence-electron chi connectivity index (χ4n) is 5.85. The zero-order valence-electron chi connectivity index (χ0n) is 14.1. The Morgan fingerprint density at radius 3 is 1.86 bits per heavy atom. The monoisotopic (exact) mass is 286 g/mol. The molecule has 0 radical (unpaired) electrons. The van der Waals surface area contributed by atoms with E-state index in [0.717, 1.165) is 29.6 Å². The van der Waals surface area contributed by atoms with E-state index in [4.69, 9.17) is 0 Å². The van der Waals surface area contributed by atoms with Gasteiger partial charge < -0.3 is 0 Å². The van der Waals surface area contributed by atoms with E-state index in [1.165, 1.54) is 76.2 Å². The third-order valence-corrected chi connectivity index (χ3v) is 6.93. The summed E-state index contributed by atoms with van der Waals surface area (Å²) >= 11 is 0. The van der Waals surface area contributed by atoms with Crippen LogP contribution in [0.1, 0.15) is 77.6 Å². The van der Waals surface area contributed by atoms with Crippen LogP contribution in [0.5, 0.6) is 0 Å². The minimum atomic E-state index is 0.811. The van der Waals surface area contributed by atoms with Crippen LogP contribution in [0.2, 0.25) is 0 Å². The summed E-state index contributed by atoms with van der Waals surface area (Å²) in [7, 11) is 0. The maximum atomic E-state index is 4.64. The molecule has 0 heterocycles. The Morgan fingerprint density at radius 2 is 1.24 bits per heavy atom. The van der Waals surface area contributed by atoms with E-state index in [1.807, 2.05) is 0 Å². The van der Waals surface area contributed by atoms with Gasteiger partial charge in [0, 0.05) is 0 Å². The Bertz CT molecular complexity index is 385. The summed E-state index contributed by atoms with van der Waals surface area (Å²) in [6.45, 7) is 11.2. The van der Waals surface area contributed by atoms with Crippen molar-refractivity contribution in [2.24, 2.45) is 29.6 Å². The first-order valence-corrected chi connectivity index (χ1v) is 9.52. The van der Waals surface area contributed by atoms with Crippen molar-refractivity contribution < 1.29 is 0 Å². The Hall–Kier alpha value is -0.520. The van der Waals surface area contributed by atoms with Crippen LogP contribution in [0.15, 0.2) is 24.3 Å². The predicted molar refractivity (Wildman–Crippen MR) is 92.2 cm³/mol. The number of allylic oxidation sites excluding steroid dienone is 2. The molecule has 0 aromatic carbocycles. The van der Waals surface area contributed by atoms with Crippen LogP contribution in [-0.4, -0.2) is 0 Å². The van der Waals surface area contributed by atoms with Crippen molar-refractivity contribution in [3.8, 4) is 0 Å². The zero-order valence-corrected chi connectivity index (χ0v) is 14.1. The normalized spacial score (nSPS) is 37.8. The fraction of sp³-hybridized carbons (Fsp3) is 0.810. The highest BCUT2D eigenvalue weighted by Gasteiger charge is 2.41. The molecule has 0 aromatic heterocycles. The van der Waals surface area contributed by atoms with Gasteiger partial charge in [0.1, 0.15) is 0 Å². The largest absolute Gasteiger partial charge is 0.0999 e. The molecule has 0 N–H and O–H groups in total. The molecule has 0 aromatic rings. The summed E-state index contributed by atoms with van der Waals surface area (Å²) in [5.41, 5.74) is 3.11. The molecule has 4 unspecified atom stereocenters. The van der Waals surface area contributed by atoms with E-state index in [2.05, 4.69) is 20.1 Å². The van der Waals surface area contributed by atoms with Gasteiger partial charge in [0.15, 0.2) is 0 Å². The molecule has 0 bridgehead atoms.